The Hall–Kier alpha value is -2.28. The monoisotopic (exact) mass is 380 g/mol. The maximum Gasteiger partial charge on any atom is 0.573 e. The number of fused-ring (bicyclic) bond motifs is 1. The first-order valence-corrected chi connectivity index (χ1v) is 8.72. The number of ether oxygens (including phenoxy) is 1. The number of rotatable bonds is 3. The van der Waals surface area contributed by atoms with Crippen molar-refractivity contribution in [2.45, 2.75) is 31.7 Å². The lowest BCUT2D eigenvalue weighted by Crippen LogP contribution is -2.36. The molecule has 0 saturated heterocycles. The van der Waals surface area contributed by atoms with Gasteiger partial charge in [-0.05, 0) is 66.9 Å². The Bertz CT molecular complexity index is 777. The van der Waals surface area contributed by atoms with Crippen LogP contribution in [0.5, 0.6) is 5.75 Å². The Balaban J connectivity index is 1.67. The molecule has 1 aliphatic rings. The van der Waals surface area contributed by atoms with E-state index in [1.807, 2.05) is 24.1 Å². The quantitative estimate of drug-likeness (QED) is 0.731. The van der Waals surface area contributed by atoms with Gasteiger partial charge in [0.1, 0.15) is 5.75 Å². The van der Waals surface area contributed by atoms with E-state index in [-0.39, 0.29) is 11.8 Å². The molecule has 0 fully saturated rings. The highest BCUT2D eigenvalue weighted by Crippen LogP contribution is 2.34. The number of nitrogens with one attached hydrogen (secondary N) is 1. The summed E-state index contributed by atoms with van der Waals surface area (Å²) >= 11 is 5.49. The third-order valence-electron chi connectivity index (χ3n) is 4.46. The average molecular weight is 380 g/mol. The molecule has 2 aromatic carbocycles. The molecule has 0 aromatic heterocycles. The van der Waals surface area contributed by atoms with E-state index in [4.69, 9.17) is 12.2 Å². The lowest BCUT2D eigenvalue weighted by molar-refractivity contribution is -0.274. The molecule has 7 heteroatoms. The molecule has 0 unspecified atom stereocenters. The Kier molecular flexibility index (Phi) is 5.36. The van der Waals surface area contributed by atoms with E-state index in [0.717, 1.165) is 19.3 Å². The van der Waals surface area contributed by atoms with Gasteiger partial charge in [-0.25, -0.2) is 0 Å². The van der Waals surface area contributed by atoms with Crippen LogP contribution in [0.4, 0.5) is 18.9 Å². The predicted octanol–water partition coefficient (Wildman–Crippen LogP) is 5.29. The first-order valence-electron chi connectivity index (χ1n) is 8.31. The van der Waals surface area contributed by atoms with Gasteiger partial charge in [0, 0.05) is 12.7 Å². The van der Waals surface area contributed by atoms with Crippen molar-refractivity contribution in [2.24, 2.45) is 0 Å². The minimum atomic E-state index is -4.70. The first-order chi connectivity index (χ1) is 12.3. The summed E-state index contributed by atoms with van der Waals surface area (Å²) in [7, 11) is 1.93. The molecule has 138 valence electrons. The van der Waals surface area contributed by atoms with Crippen molar-refractivity contribution in [1.29, 1.82) is 0 Å². The summed E-state index contributed by atoms with van der Waals surface area (Å²) in [5, 5.41) is 3.60. The molecule has 0 saturated carbocycles. The van der Waals surface area contributed by atoms with Crippen LogP contribution in [0.25, 0.3) is 0 Å². The van der Waals surface area contributed by atoms with Crippen LogP contribution in [0.2, 0.25) is 0 Å². The van der Waals surface area contributed by atoms with Gasteiger partial charge in [0.15, 0.2) is 5.11 Å². The molecule has 0 aliphatic heterocycles. The van der Waals surface area contributed by atoms with Crippen molar-refractivity contribution in [3.63, 3.8) is 0 Å². The highest BCUT2D eigenvalue weighted by atomic mass is 32.1. The maximum atomic E-state index is 12.2. The van der Waals surface area contributed by atoms with Gasteiger partial charge >= 0.3 is 6.36 Å². The highest BCUT2D eigenvalue weighted by molar-refractivity contribution is 7.80. The fourth-order valence-corrected chi connectivity index (χ4v) is 3.47. The summed E-state index contributed by atoms with van der Waals surface area (Å²) in [6.07, 6.45) is -1.52. The zero-order valence-corrected chi connectivity index (χ0v) is 15.0. The third-order valence-corrected chi connectivity index (χ3v) is 4.85. The van der Waals surface area contributed by atoms with E-state index in [9.17, 15) is 13.2 Å². The number of halogens is 3. The van der Waals surface area contributed by atoms with Crippen LogP contribution in [0.15, 0.2) is 48.5 Å². The molecule has 1 aliphatic carbocycles. The van der Waals surface area contributed by atoms with Gasteiger partial charge in [0.05, 0.1) is 6.04 Å². The van der Waals surface area contributed by atoms with Crippen LogP contribution < -0.4 is 10.1 Å². The van der Waals surface area contributed by atoms with Crippen molar-refractivity contribution < 1.29 is 17.9 Å². The Morgan fingerprint density at radius 2 is 1.85 bits per heavy atom. The summed E-state index contributed by atoms with van der Waals surface area (Å²) in [5.41, 5.74) is 3.23. The lowest BCUT2D eigenvalue weighted by Gasteiger charge is -2.35. The molecule has 3 rings (SSSR count). The zero-order valence-electron chi connectivity index (χ0n) is 14.2. The van der Waals surface area contributed by atoms with Gasteiger partial charge in [-0.15, -0.1) is 13.2 Å². The second-order valence-corrected chi connectivity index (χ2v) is 6.61. The fraction of sp³-hybridized carbons (Fsp3) is 0.316. The number of benzene rings is 2. The van der Waals surface area contributed by atoms with Crippen LogP contribution in [0, 0.1) is 0 Å². The molecule has 0 amide bonds. The summed E-state index contributed by atoms with van der Waals surface area (Å²) in [5.74, 6) is -0.261. The number of hydrogen-bond donors (Lipinski definition) is 1. The van der Waals surface area contributed by atoms with Crippen molar-refractivity contribution in [3.05, 3.63) is 59.7 Å². The number of anilines is 1. The summed E-state index contributed by atoms with van der Waals surface area (Å²) < 4.78 is 40.5. The van der Waals surface area contributed by atoms with Crippen molar-refractivity contribution in [1.82, 2.24) is 4.90 Å². The Morgan fingerprint density at radius 3 is 2.54 bits per heavy atom. The molecular weight excluding hydrogens is 361 g/mol. The van der Waals surface area contributed by atoms with Crippen molar-refractivity contribution in [2.75, 3.05) is 12.4 Å². The Morgan fingerprint density at radius 1 is 1.15 bits per heavy atom. The van der Waals surface area contributed by atoms with Crippen LogP contribution in [-0.2, 0) is 6.42 Å². The summed E-state index contributed by atoms with van der Waals surface area (Å²) in [4.78, 5) is 2.01. The number of nitrogens with zero attached hydrogens (tertiary/aromatic N) is 1. The molecule has 0 heterocycles. The fourth-order valence-electron chi connectivity index (χ4n) is 3.22. The summed E-state index contributed by atoms with van der Waals surface area (Å²) in [6, 6.07) is 14.1. The van der Waals surface area contributed by atoms with Crippen LogP contribution in [-0.4, -0.2) is 23.4 Å². The maximum absolute atomic E-state index is 12.2. The number of hydrogen-bond acceptors (Lipinski definition) is 2. The zero-order chi connectivity index (χ0) is 18.7. The number of alkyl halides is 3. The molecule has 0 bridgehead atoms. The van der Waals surface area contributed by atoms with E-state index in [1.54, 1.807) is 0 Å². The topological polar surface area (TPSA) is 24.5 Å². The van der Waals surface area contributed by atoms with E-state index >= 15 is 0 Å². The second-order valence-electron chi connectivity index (χ2n) is 6.22. The highest BCUT2D eigenvalue weighted by Gasteiger charge is 2.31. The Labute approximate surface area is 155 Å². The van der Waals surface area contributed by atoms with Gasteiger partial charge < -0.3 is 15.0 Å². The number of aryl methyl sites for hydroxylation is 1. The normalized spacial score (nSPS) is 16.5. The van der Waals surface area contributed by atoms with Crippen LogP contribution >= 0.6 is 12.2 Å². The lowest BCUT2D eigenvalue weighted by atomic mass is 9.87. The molecular formula is C19H19F3N2OS. The minimum Gasteiger partial charge on any atom is -0.406 e. The van der Waals surface area contributed by atoms with Gasteiger partial charge in [0.25, 0.3) is 0 Å². The smallest absolute Gasteiger partial charge is 0.406 e. The third kappa shape index (κ3) is 4.46. The van der Waals surface area contributed by atoms with E-state index in [0.29, 0.717) is 10.8 Å². The molecule has 3 nitrogen and oxygen atoms in total. The second kappa shape index (κ2) is 7.53. The van der Waals surface area contributed by atoms with Crippen LogP contribution in [0.1, 0.15) is 30.0 Å². The molecule has 1 N–H and O–H groups in total. The molecule has 26 heavy (non-hydrogen) atoms. The predicted molar refractivity (Wildman–Crippen MR) is 99.2 cm³/mol. The minimum absolute atomic E-state index is 0.188. The van der Waals surface area contributed by atoms with Gasteiger partial charge in [-0.3, -0.25) is 0 Å². The van der Waals surface area contributed by atoms with Gasteiger partial charge in [0.2, 0.25) is 0 Å². The van der Waals surface area contributed by atoms with Crippen molar-refractivity contribution in [3.8, 4) is 5.75 Å². The van der Waals surface area contributed by atoms with E-state index in [2.05, 4.69) is 22.2 Å². The van der Waals surface area contributed by atoms with Gasteiger partial charge in [-0.2, -0.15) is 0 Å². The SMILES string of the molecule is CN(C(=S)Nc1ccc(OC(F)(F)F)cc1)[C@H]1CCCc2ccccc21. The van der Waals surface area contributed by atoms with Crippen molar-refractivity contribution >= 4 is 23.0 Å². The number of thiocarbonyl (C=S) groups is 1. The molecule has 2 aromatic rings. The molecule has 0 radical (unpaired) electrons. The summed E-state index contributed by atoms with van der Waals surface area (Å²) in [6.45, 7) is 0. The van der Waals surface area contributed by atoms with E-state index in [1.165, 1.54) is 35.4 Å². The largest absolute Gasteiger partial charge is 0.573 e. The first kappa shape index (κ1) is 18.5. The standard InChI is InChI=1S/C19H19F3N2OS/c1-24(17-8-4-6-13-5-2-3-7-16(13)17)18(26)23-14-9-11-15(12-10-14)25-19(20,21)22/h2-3,5,7,9-12,17H,4,6,8H2,1H3,(H,23,26)/t17-/m0/s1. The molecule has 1 atom stereocenters. The molecule has 0 spiro atoms. The average Bonchev–Trinajstić information content (AvgIpc) is 2.61. The van der Waals surface area contributed by atoms with E-state index < -0.39 is 6.36 Å². The van der Waals surface area contributed by atoms with Crippen LogP contribution in [0.3, 0.4) is 0 Å². The van der Waals surface area contributed by atoms with Gasteiger partial charge in [-0.1, -0.05) is 24.3 Å².